The highest BCUT2D eigenvalue weighted by atomic mass is 79.9. The second-order valence-electron chi connectivity index (χ2n) is 6.45. The maximum absolute atomic E-state index is 12.8. The van der Waals surface area contributed by atoms with E-state index in [1.54, 1.807) is 35.8 Å². The Hall–Kier alpha value is -2.57. The van der Waals surface area contributed by atoms with Gasteiger partial charge in [0.1, 0.15) is 0 Å². The van der Waals surface area contributed by atoms with Crippen molar-refractivity contribution in [2.24, 2.45) is 0 Å². The molecule has 0 aliphatic carbocycles. The third-order valence-corrected chi connectivity index (χ3v) is 6.26. The van der Waals surface area contributed by atoms with E-state index < -0.39 is 0 Å². The predicted octanol–water partition coefficient (Wildman–Crippen LogP) is 5.12. The summed E-state index contributed by atoms with van der Waals surface area (Å²) in [7, 11) is 1.74. The second-order valence-corrected chi connectivity index (χ2v) is 8.45. The van der Waals surface area contributed by atoms with Crippen LogP contribution in [0.25, 0.3) is 0 Å². The largest absolute Gasteiger partial charge is 0.348 e. The van der Waals surface area contributed by atoms with E-state index in [2.05, 4.69) is 21.2 Å². The van der Waals surface area contributed by atoms with Crippen LogP contribution in [0.1, 0.15) is 26.3 Å². The number of fused-ring (bicyclic) bond motifs is 2. The van der Waals surface area contributed by atoms with E-state index in [-0.39, 0.29) is 11.8 Å². The van der Waals surface area contributed by atoms with E-state index in [1.807, 2.05) is 54.6 Å². The molecule has 4 nitrogen and oxygen atoms in total. The summed E-state index contributed by atoms with van der Waals surface area (Å²) in [5, 5.41) is 2.94. The molecule has 0 atom stereocenters. The molecule has 0 radical (unpaired) electrons. The maximum Gasteiger partial charge on any atom is 0.259 e. The van der Waals surface area contributed by atoms with Crippen molar-refractivity contribution < 1.29 is 9.59 Å². The van der Waals surface area contributed by atoms with Gasteiger partial charge in [-0.25, -0.2) is 0 Å². The van der Waals surface area contributed by atoms with Gasteiger partial charge in [-0.1, -0.05) is 52.0 Å². The van der Waals surface area contributed by atoms with Gasteiger partial charge < -0.3 is 10.2 Å². The fourth-order valence-corrected chi connectivity index (χ4v) is 4.38. The number of rotatable bonds is 3. The number of carbonyl (C=O) groups is 2. The molecule has 0 unspecified atom stereocenters. The van der Waals surface area contributed by atoms with E-state index in [1.165, 1.54) is 0 Å². The van der Waals surface area contributed by atoms with Gasteiger partial charge in [-0.05, 0) is 48.0 Å². The lowest BCUT2D eigenvalue weighted by atomic mass is 10.1. The van der Waals surface area contributed by atoms with Crippen molar-refractivity contribution in [1.82, 2.24) is 5.32 Å². The minimum absolute atomic E-state index is 0.0747. The molecular formula is C22H17BrN2O2S. The van der Waals surface area contributed by atoms with Crippen molar-refractivity contribution in [3.05, 3.63) is 87.9 Å². The predicted molar refractivity (Wildman–Crippen MR) is 115 cm³/mol. The van der Waals surface area contributed by atoms with Gasteiger partial charge in [-0.15, -0.1) is 0 Å². The average molecular weight is 453 g/mol. The zero-order chi connectivity index (χ0) is 19.7. The van der Waals surface area contributed by atoms with Crippen LogP contribution < -0.4 is 10.2 Å². The lowest BCUT2D eigenvalue weighted by Gasteiger charge is -2.18. The number of carbonyl (C=O) groups excluding carboxylic acids is 2. The minimum Gasteiger partial charge on any atom is -0.348 e. The lowest BCUT2D eigenvalue weighted by Crippen LogP contribution is -2.27. The van der Waals surface area contributed by atoms with Crippen molar-refractivity contribution >= 4 is 45.2 Å². The minimum atomic E-state index is -0.168. The van der Waals surface area contributed by atoms with Crippen molar-refractivity contribution in [2.45, 2.75) is 16.3 Å². The van der Waals surface area contributed by atoms with Crippen molar-refractivity contribution in [3.63, 3.8) is 0 Å². The van der Waals surface area contributed by atoms with Crippen LogP contribution in [0, 0.1) is 0 Å². The molecule has 6 heteroatoms. The molecule has 0 fully saturated rings. The van der Waals surface area contributed by atoms with Gasteiger partial charge in [0, 0.05) is 33.4 Å². The Balaban J connectivity index is 1.57. The summed E-state index contributed by atoms with van der Waals surface area (Å²) in [6.45, 7) is 0.443. The van der Waals surface area contributed by atoms with Crippen LogP contribution in [-0.2, 0) is 6.54 Å². The van der Waals surface area contributed by atoms with Gasteiger partial charge in [0.2, 0.25) is 0 Å². The number of hydrogen-bond acceptors (Lipinski definition) is 3. The number of amides is 2. The highest BCUT2D eigenvalue weighted by Crippen LogP contribution is 2.41. The lowest BCUT2D eigenvalue weighted by molar-refractivity contribution is 0.0948. The van der Waals surface area contributed by atoms with Gasteiger partial charge in [0.05, 0.1) is 11.3 Å². The topological polar surface area (TPSA) is 49.4 Å². The standard InChI is InChI=1S/C22H17BrN2O2S/c1-25-18-12-15(21(26)24-13-14-6-9-16(23)10-7-14)8-11-20(18)28-19-5-3-2-4-17(19)22(25)27/h2-12H,13H2,1H3,(H,24,26). The summed E-state index contributed by atoms with van der Waals surface area (Å²) < 4.78 is 1.000. The number of anilines is 1. The molecule has 2 amide bonds. The van der Waals surface area contributed by atoms with Crippen molar-refractivity contribution in [1.29, 1.82) is 0 Å². The molecule has 1 N–H and O–H groups in total. The summed E-state index contributed by atoms with van der Waals surface area (Å²) in [6, 6.07) is 20.9. The first-order chi connectivity index (χ1) is 13.5. The summed E-state index contributed by atoms with van der Waals surface area (Å²) in [5.74, 6) is -0.243. The van der Waals surface area contributed by atoms with E-state index >= 15 is 0 Å². The fraction of sp³-hybridized carbons (Fsp3) is 0.0909. The average Bonchev–Trinajstić information content (AvgIpc) is 2.82. The summed E-state index contributed by atoms with van der Waals surface area (Å²) in [5.41, 5.74) is 2.96. The van der Waals surface area contributed by atoms with Crippen LogP contribution >= 0.6 is 27.7 Å². The molecule has 0 aromatic heterocycles. The molecule has 1 heterocycles. The molecule has 0 saturated heterocycles. The summed E-state index contributed by atoms with van der Waals surface area (Å²) >= 11 is 4.95. The molecule has 3 aromatic rings. The Kier molecular flexibility index (Phi) is 5.24. The van der Waals surface area contributed by atoms with Gasteiger partial charge in [0.15, 0.2) is 0 Å². The molecule has 1 aliphatic heterocycles. The Morgan fingerprint density at radius 3 is 2.57 bits per heavy atom. The Morgan fingerprint density at radius 2 is 1.79 bits per heavy atom. The molecule has 4 rings (SSSR count). The Morgan fingerprint density at radius 1 is 1.04 bits per heavy atom. The number of nitrogens with one attached hydrogen (secondary N) is 1. The normalized spacial score (nSPS) is 12.8. The quantitative estimate of drug-likeness (QED) is 0.599. The molecule has 0 bridgehead atoms. The van der Waals surface area contributed by atoms with Gasteiger partial charge in [-0.3, -0.25) is 9.59 Å². The van der Waals surface area contributed by atoms with Gasteiger partial charge in [0.25, 0.3) is 11.8 Å². The van der Waals surface area contributed by atoms with Crippen LogP contribution in [0.3, 0.4) is 0 Å². The van der Waals surface area contributed by atoms with Crippen LogP contribution in [-0.4, -0.2) is 18.9 Å². The Labute approximate surface area is 176 Å². The zero-order valence-corrected chi connectivity index (χ0v) is 17.5. The second kappa shape index (κ2) is 7.81. The van der Waals surface area contributed by atoms with Gasteiger partial charge >= 0.3 is 0 Å². The molecule has 1 aliphatic rings. The van der Waals surface area contributed by atoms with Crippen LogP contribution in [0.15, 0.2) is 81.0 Å². The Bertz CT molecular complexity index is 1070. The molecule has 0 saturated carbocycles. The number of hydrogen-bond donors (Lipinski definition) is 1. The van der Waals surface area contributed by atoms with Crippen molar-refractivity contribution in [3.8, 4) is 0 Å². The molecule has 140 valence electrons. The van der Waals surface area contributed by atoms with Crippen molar-refractivity contribution in [2.75, 3.05) is 11.9 Å². The molecular weight excluding hydrogens is 436 g/mol. The first-order valence-corrected chi connectivity index (χ1v) is 10.4. The SMILES string of the molecule is CN1C(=O)c2ccccc2Sc2ccc(C(=O)NCc3ccc(Br)cc3)cc21. The molecule has 0 spiro atoms. The van der Waals surface area contributed by atoms with Crippen LogP contribution in [0.4, 0.5) is 5.69 Å². The number of nitrogens with zero attached hydrogens (tertiary/aromatic N) is 1. The first kappa shape index (κ1) is 18.8. The van der Waals surface area contributed by atoms with Crippen LogP contribution in [0.5, 0.6) is 0 Å². The number of halogens is 1. The smallest absolute Gasteiger partial charge is 0.259 e. The zero-order valence-electron chi connectivity index (χ0n) is 15.1. The highest BCUT2D eigenvalue weighted by Gasteiger charge is 2.25. The number of benzene rings is 3. The third-order valence-electron chi connectivity index (χ3n) is 4.59. The summed E-state index contributed by atoms with van der Waals surface area (Å²) in [4.78, 5) is 28.9. The van der Waals surface area contributed by atoms with Gasteiger partial charge in [-0.2, -0.15) is 0 Å². The fourth-order valence-electron chi connectivity index (χ4n) is 3.03. The van der Waals surface area contributed by atoms with E-state index in [9.17, 15) is 9.59 Å². The third kappa shape index (κ3) is 3.70. The monoisotopic (exact) mass is 452 g/mol. The van der Waals surface area contributed by atoms with E-state index in [0.717, 1.165) is 25.5 Å². The molecule has 3 aromatic carbocycles. The summed E-state index contributed by atoms with van der Waals surface area (Å²) in [6.07, 6.45) is 0. The van der Waals surface area contributed by atoms with E-state index in [0.29, 0.717) is 17.7 Å². The van der Waals surface area contributed by atoms with Crippen LogP contribution in [0.2, 0.25) is 0 Å². The first-order valence-electron chi connectivity index (χ1n) is 8.74. The molecule has 28 heavy (non-hydrogen) atoms. The highest BCUT2D eigenvalue weighted by molar-refractivity contribution is 9.10. The maximum atomic E-state index is 12.8. The van der Waals surface area contributed by atoms with E-state index in [4.69, 9.17) is 0 Å².